The van der Waals surface area contributed by atoms with E-state index in [4.69, 9.17) is 29.3 Å². The minimum Gasteiger partial charge on any atom is -0.489 e. The third-order valence-corrected chi connectivity index (χ3v) is 7.07. The van der Waals surface area contributed by atoms with E-state index in [9.17, 15) is 34.8 Å². The number of sulfone groups is 1. The van der Waals surface area contributed by atoms with Crippen LogP contribution in [0.4, 0.5) is 26.3 Å². The van der Waals surface area contributed by atoms with E-state index in [2.05, 4.69) is 19.9 Å². The highest BCUT2D eigenvalue weighted by molar-refractivity contribution is 7.90. The molecular weight excluding hydrogens is 692 g/mol. The maximum absolute atomic E-state index is 11.7. The molecule has 3 aromatic heterocycles. The minimum absolute atomic E-state index is 0.258. The lowest BCUT2D eigenvalue weighted by atomic mass is 10.2. The molecule has 5 rings (SSSR count). The number of hydrogen-bond donors (Lipinski definition) is 3. The number of aliphatic carboxylic acids is 2. The van der Waals surface area contributed by atoms with Crippen molar-refractivity contribution in [1.29, 1.82) is 0 Å². The molecule has 0 unspecified atom stereocenters. The van der Waals surface area contributed by atoms with Crippen LogP contribution in [0.25, 0.3) is 22.6 Å². The van der Waals surface area contributed by atoms with Crippen molar-refractivity contribution in [3.63, 3.8) is 0 Å². The normalized spacial score (nSPS) is 11.5. The van der Waals surface area contributed by atoms with Crippen LogP contribution < -0.4 is 9.47 Å². The molecule has 0 saturated carbocycles. The number of aromatic nitrogens is 5. The topological polar surface area (TPSA) is 187 Å². The third-order valence-electron chi connectivity index (χ3n) is 5.94. The van der Waals surface area contributed by atoms with Crippen LogP contribution in [0.2, 0.25) is 0 Å². The van der Waals surface area contributed by atoms with Crippen molar-refractivity contribution in [3.8, 4) is 22.9 Å². The quantitative estimate of drug-likeness (QED) is 0.180. The first-order valence-electron chi connectivity index (χ1n) is 13.3. The van der Waals surface area contributed by atoms with Gasteiger partial charge in [-0.3, -0.25) is 0 Å². The molecule has 2 aromatic carbocycles. The summed E-state index contributed by atoms with van der Waals surface area (Å²) in [6, 6.07) is 15.9. The lowest BCUT2D eigenvalue weighted by Crippen LogP contribution is -2.21. The van der Waals surface area contributed by atoms with Gasteiger partial charge in [0.25, 0.3) is 0 Å². The third kappa shape index (κ3) is 11.5. The Morgan fingerprint density at radius 2 is 1.41 bits per heavy atom. The molecule has 0 aliphatic heterocycles. The van der Waals surface area contributed by atoms with Crippen molar-refractivity contribution in [3.05, 3.63) is 84.6 Å². The molecule has 5 aromatic rings. The standard InChI is InChI=1S/C25H23N5O4S.2C2HF3O2/c1-30-11-10-26-23(30)16-34-20-13-18(24-28-22-4-3-9-27-25(22)29-24)12-19(14-20)33-15-17-5-7-21(8-6-17)35(2,31)32;2*3-2(4,5)1(6)7/h3-14H,15-16H2,1-2H3,(H,27,28,29);2*(H,6,7). The monoisotopic (exact) mass is 717 g/mol. The van der Waals surface area contributed by atoms with E-state index in [1.807, 2.05) is 42.1 Å². The molecule has 0 radical (unpaired) electrons. The maximum Gasteiger partial charge on any atom is 0.490 e. The van der Waals surface area contributed by atoms with Gasteiger partial charge in [-0.1, -0.05) is 12.1 Å². The van der Waals surface area contributed by atoms with E-state index in [1.165, 1.54) is 6.26 Å². The Hall–Kier alpha value is -5.66. The summed E-state index contributed by atoms with van der Waals surface area (Å²) >= 11 is 0. The van der Waals surface area contributed by atoms with Crippen LogP contribution in [0.1, 0.15) is 11.4 Å². The molecule has 0 atom stereocenters. The van der Waals surface area contributed by atoms with Crippen LogP contribution >= 0.6 is 0 Å². The van der Waals surface area contributed by atoms with Crippen molar-refractivity contribution >= 4 is 32.9 Å². The summed E-state index contributed by atoms with van der Waals surface area (Å²) in [5.41, 5.74) is 3.07. The van der Waals surface area contributed by atoms with Gasteiger partial charge in [0.15, 0.2) is 15.5 Å². The van der Waals surface area contributed by atoms with Crippen molar-refractivity contribution in [2.24, 2.45) is 7.05 Å². The van der Waals surface area contributed by atoms with Crippen molar-refractivity contribution < 1.29 is 64.0 Å². The molecule has 13 nitrogen and oxygen atoms in total. The van der Waals surface area contributed by atoms with Crippen LogP contribution in [0, 0.1) is 0 Å². The van der Waals surface area contributed by atoms with Crippen LogP contribution in [0.5, 0.6) is 11.5 Å². The van der Waals surface area contributed by atoms with Gasteiger partial charge in [0.05, 0.1) is 4.90 Å². The van der Waals surface area contributed by atoms with Gasteiger partial charge in [-0.15, -0.1) is 0 Å². The molecule has 20 heteroatoms. The lowest BCUT2D eigenvalue weighted by molar-refractivity contribution is -0.193. The average Bonchev–Trinajstić information content (AvgIpc) is 3.64. The fourth-order valence-electron chi connectivity index (χ4n) is 3.54. The number of aromatic amines is 1. The Morgan fingerprint density at radius 1 is 0.857 bits per heavy atom. The van der Waals surface area contributed by atoms with Crippen LogP contribution in [-0.4, -0.2) is 73.7 Å². The highest BCUT2D eigenvalue weighted by Gasteiger charge is 2.38. The van der Waals surface area contributed by atoms with E-state index in [0.717, 1.165) is 22.5 Å². The fraction of sp³-hybridized carbons (Fsp3) is 0.207. The number of aryl methyl sites for hydroxylation is 1. The summed E-state index contributed by atoms with van der Waals surface area (Å²) in [5, 5.41) is 14.2. The molecule has 3 N–H and O–H groups in total. The van der Waals surface area contributed by atoms with Crippen LogP contribution in [0.3, 0.4) is 0 Å². The highest BCUT2D eigenvalue weighted by atomic mass is 32.2. The molecule has 3 heterocycles. The molecule has 0 spiro atoms. The first-order valence-corrected chi connectivity index (χ1v) is 15.2. The van der Waals surface area contributed by atoms with Gasteiger partial charge in [-0.2, -0.15) is 26.3 Å². The van der Waals surface area contributed by atoms with Gasteiger partial charge < -0.3 is 29.2 Å². The number of rotatable bonds is 8. The summed E-state index contributed by atoms with van der Waals surface area (Å²) in [6.45, 7) is 0.551. The van der Waals surface area contributed by atoms with Gasteiger partial charge in [-0.05, 0) is 42.0 Å². The molecule has 0 amide bonds. The second-order valence-electron chi connectivity index (χ2n) is 9.70. The second kappa shape index (κ2) is 15.5. The number of alkyl halides is 6. The van der Waals surface area contributed by atoms with Crippen molar-refractivity contribution in [2.45, 2.75) is 30.5 Å². The summed E-state index contributed by atoms with van der Waals surface area (Å²) in [6.07, 6.45) is -3.69. The minimum atomic E-state index is -5.08. The number of H-pyrrole nitrogens is 1. The number of benzene rings is 2. The molecule has 262 valence electrons. The summed E-state index contributed by atoms with van der Waals surface area (Å²) in [7, 11) is -1.34. The number of nitrogens with zero attached hydrogens (tertiary/aromatic N) is 4. The number of pyridine rings is 1. The van der Waals surface area contributed by atoms with Crippen LogP contribution in [0.15, 0.2) is 78.1 Å². The highest BCUT2D eigenvalue weighted by Crippen LogP contribution is 2.30. The molecular formula is C29H25F6N5O8S. The zero-order valence-corrected chi connectivity index (χ0v) is 26.0. The number of carboxylic acids is 2. The van der Waals surface area contributed by atoms with E-state index >= 15 is 0 Å². The maximum atomic E-state index is 11.7. The number of halogens is 6. The van der Waals surface area contributed by atoms with Gasteiger partial charge in [0.1, 0.15) is 41.9 Å². The summed E-state index contributed by atoms with van der Waals surface area (Å²) in [4.78, 5) is 34.6. The number of imidazole rings is 2. The number of carbonyl (C=O) groups is 2. The summed E-state index contributed by atoms with van der Waals surface area (Å²) < 4.78 is 101. The molecule has 0 aliphatic rings. The Balaban J connectivity index is 0.000000392. The number of carboxylic acid groups (broad SMARTS) is 2. The molecule has 0 aliphatic carbocycles. The van der Waals surface area contributed by atoms with E-state index in [-0.39, 0.29) is 11.5 Å². The van der Waals surface area contributed by atoms with Crippen molar-refractivity contribution in [1.82, 2.24) is 24.5 Å². The zero-order chi connectivity index (χ0) is 36.6. The fourth-order valence-corrected chi connectivity index (χ4v) is 4.17. The first kappa shape index (κ1) is 37.8. The molecule has 0 fully saturated rings. The van der Waals surface area contributed by atoms with Gasteiger partial charge >= 0.3 is 24.3 Å². The van der Waals surface area contributed by atoms with E-state index in [1.54, 1.807) is 42.7 Å². The number of ether oxygens (including phenoxy) is 2. The summed E-state index contributed by atoms with van der Waals surface area (Å²) in [5.74, 6) is -2.90. The number of hydrogen-bond acceptors (Lipinski definition) is 9. The number of fused-ring (bicyclic) bond motifs is 1. The van der Waals surface area contributed by atoms with Gasteiger partial charge in [0.2, 0.25) is 0 Å². The van der Waals surface area contributed by atoms with Crippen molar-refractivity contribution in [2.75, 3.05) is 6.26 Å². The first-order chi connectivity index (χ1) is 22.7. The number of nitrogens with one attached hydrogen (secondary N) is 1. The predicted molar refractivity (Wildman–Crippen MR) is 158 cm³/mol. The Morgan fingerprint density at radius 3 is 1.88 bits per heavy atom. The smallest absolute Gasteiger partial charge is 0.489 e. The SMILES string of the molecule is Cn1ccnc1COc1cc(OCc2ccc(S(C)(=O)=O)cc2)cc(-c2nc3cccnc3[nH]2)c1.O=C(O)C(F)(F)F.O=C(O)C(F)(F)F. The van der Waals surface area contributed by atoms with E-state index in [0.29, 0.717) is 29.6 Å². The van der Waals surface area contributed by atoms with E-state index < -0.39 is 34.1 Å². The van der Waals surface area contributed by atoms with Gasteiger partial charge in [-0.25, -0.2) is 33.0 Å². The average molecular weight is 718 g/mol. The second-order valence-corrected chi connectivity index (χ2v) is 11.7. The van der Waals surface area contributed by atoms with Gasteiger partial charge in [0, 0.05) is 43.5 Å². The Kier molecular flexibility index (Phi) is 12.0. The molecule has 49 heavy (non-hydrogen) atoms. The Labute approximate surface area is 272 Å². The molecule has 0 saturated heterocycles. The van der Waals surface area contributed by atoms with Crippen LogP contribution in [-0.2, 0) is 39.7 Å². The Bertz CT molecular complexity index is 1950. The largest absolute Gasteiger partial charge is 0.490 e. The lowest BCUT2D eigenvalue weighted by Gasteiger charge is -2.12. The molecule has 0 bridgehead atoms. The zero-order valence-electron chi connectivity index (χ0n) is 25.2. The predicted octanol–water partition coefficient (Wildman–Crippen LogP) is 5.19.